The molecule has 0 saturated heterocycles. The third kappa shape index (κ3) is 3.67. The van der Waals surface area contributed by atoms with Gasteiger partial charge < -0.3 is 10.2 Å². The van der Waals surface area contributed by atoms with Gasteiger partial charge in [0.2, 0.25) is 11.8 Å². The number of halogens is 1. The van der Waals surface area contributed by atoms with Crippen molar-refractivity contribution in [3.05, 3.63) is 58.6 Å². The number of rotatable bonds is 4. The maximum Gasteiger partial charge on any atom is 0.240 e. The summed E-state index contributed by atoms with van der Waals surface area (Å²) in [6.45, 7) is 0.411. The minimum absolute atomic E-state index is 0.000398. The molecule has 2 aromatic carbocycles. The molecule has 6 heteroatoms. The molecule has 4 rings (SSSR count). The average molecular weight is 426 g/mol. The highest BCUT2D eigenvalue weighted by Gasteiger charge is 2.36. The van der Waals surface area contributed by atoms with Crippen LogP contribution in [-0.4, -0.2) is 24.1 Å². The molecule has 1 heterocycles. The van der Waals surface area contributed by atoms with Crippen LogP contribution in [0.1, 0.15) is 24.8 Å². The molecule has 0 aromatic heterocycles. The van der Waals surface area contributed by atoms with Crippen molar-refractivity contribution >= 4 is 44.8 Å². The molecule has 1 saturated carbocycles. The number of benzene rings is 2. The van der Waals surface area contributed by atoms with Crippen molar-refractivity contribution < 1.29 is 9.59 Å². The lowest BCUT2D eigenvalue weighted by Crippen LogP contribution is -2.43. The van der Waals surface area contributed by atoms with E-state index in [0.717, 1.165) is 40.7 Å². The summed E-state index contributed by atoms with van der Waals surface area (Å²) in [6.07, 6.45) is 2.63. The molecule has 1 atom stereocenters. The lowest BCUT2D eigenvalue weighted by Gasteiger charge is -2.24. The van der Waals surface area contributed by atoms with Gasteiger partial charge >= 0.3 is 0 Å². The van der Waals surface area contributed by atoms with E-state index in [9.17, 15) is 9.59 Å². The molecule has 1 unspecified atom stereocenters. The highest BCUT2D eigenvalue weighted by Crippen LogP contribution is 2.37. The zero-order valence-electron chi connectivity index (χ0n) is 14.8. The summed E-state index contributed by atoms with van der Waals surface area (Å²) in [6, 6.07) is 15.3. The summed E-state index contributed by atoms with van der Waals surface area (Å²) in [4.78, 5) is 32.0. The summed E-state index contributed by atoms with van der Waals surface area (Å²) in [7, 11) is 0. The second-order valence-corrected chi connectivity index (χ2v) is 7.68. The van der Waals surface area contributed by atoms with Crippen LogP contribution in [0.4, 0.5) is 11.4 Å². The van der Waals surface area contributed by atoms with Crippen molar-refractivity contribution in [3.8, 4) is 0 Å². The summed E-state index contributed by atoms with van der Waals surface area (Å²) in [5, 5.41) is 2.92. The fraction of sp³-hybridized carbons (Fsp3) is 0.286. The third-order valence-corrected chi connectivity index (χ3v) is 5.84. The van der Waals surface area contributed by atoms with Gasteiger partial charge in [0.1, 0.15) is 6.54 Å². The predicted octanol–water partition coefficient (Wildman–Crippen LogP) is 3.98. The number of amides is 2. The Kier molecular flexibility index (Phi) is 5.07. The highest BCUT2D eigenvalue weighted by atomic mass is 79.9. The minimum Gasteiger partial charge on any atom is -0.350 e. The smallest absolute Gasteiger partial charge is 0.240 e. The number of hydrogen-bond acceptors (Lipinski definition) is 3. The average Bonchev–Trinajstić information content (AvgIpc) is 3.10. The topological polar surface area (TPSA) is 61.8 Å². The zero-order chi connectivity index (χ0) is 18.8. The molecule has 2 aliphatic rings. The molecule has 5 nitrogen and oxygen atoms in total. The number of aliphatic imine (C=N–C) groups is 1. The van der Waals surface area contributed by atoms with Crippen molar-refractivity contribution in [1.82, 2.24) is 5.32 Å². The molecule has 0 radical (unpaired) electrons. The van der Waals surface area contributed by atoms with Gasteiger partial charge in [-0.3, -0.25) is 14.6 Å². The van der Waals surface area contributed by atoms with Crippen LogP contribution in [0.2, 0.25) is 0 Å². The molecular weight excluding hydrogens is 406 g/mol. The number of nitrogens with one attached hydrogen (secondary N) is 1. The standard InChI is InChI=1S/C21H20BrN3O2/c22-16-8-2-1-6-14(16)12-23-20(26)13-25-19-11-4-3-9-18(19)24-17-10-5-7-15(17)21(25)27/h1-4,6,8-9,11,15H,5,7,10,12-13H2,(H,23,26). The van der Waals surface area contributed by atoms with Crippen molar-refractivity contribution in [2.45, 2.75) is 25.8 Å². The molecule has 0 bridgehead atoms. The predicted molar refractivity (Wildman–Crippen MR) is 109 cm³/mol. The van der Waals surface area contributed by atoms with E-state index >= 15 is 0 Å². The van der Waals surface area contributed by atoms with Gasteiger partial charge in [0.05, 0.1) is 17.3 Å². The Morgan fingerprint density at radius 3 is 2.81 bits per heavy atom. The molecule has 138 valence electrons. The minimum atomic E-state index is -0.200. The Hall–Kier alpha value is -2.47. The van der Waals surface area contributed by atoms with Gasteiger partial charge in [-0.05, 0) is 43.0 Å². The van der Waals surface area contributed by atoms with Crippen LogP contribution in [0.15, 0.2) is 58.0 Å². The maximum atomic E-state index is 13.1. The number of nitrogens with zero attached hydrogens (tertiary/aromatic N) is 2. The first kappa shape index (κ1) is 17.9. The molecule has 1 fully saturated rings. The van der Waals surface area contributed by atoms with Crippen molar-refractivity contribution in [2.24, 2.45) is 10.9 Å². The van der Waals surface area contributed by atoms with E-state index in [1.807, 2.05) is 48.5 Å². The molecule has 2 aromatic rings. The van der Waals surface area contributed by atoms with Crippen LogP contribution in [-0.2, 0) is 16.1 Å². The van der Waals surface area contributed by atoms with Gasteiger partial charge in [-0.15, -0.1) is 0 Å². The number of hydrogen-bond donors (Lipinski definition) is 1. The zero-order valence-corrected chi connectivity index (χ0v) is 16.4. The van der Waals surface area contributed by atoms with Crippen LogP contribution in [0.25, 0.3) is 0 Å². The van der Waals surface area contributed by atoms with Crippen LogP contribution in [0.5, 0.6) is 0 Å². The molecule has 0 spiro atoms. The molecule has 2 amide bonds. The Balaban J connectivity index is 1.53. The van der Waals surface area contributed by atoms with Gasteiger partial charge in [0.15, 0.2) is 0 Å². The van der Waals surface area contributed by atoms with E-state index in [2.05, 4.69) is 21.2 Å². The first-order valence-electron chi connectivity index (χ1n) is 9.11. The Bertz CT molecular complexity index is 925. The lowest BCUT2D eigenvalue weighted by molar-refractivity contribution is -0.124. The fourth-order valence-corrected chi connectivity index (χ4v) is 4.10. The maximum absolute atomic E-state index is 13.1. The van der Waals surface area contributed by atoms with E-state index in [0.29, 0.717) is 12.2 Å². The quantitative estimate of drug-likeness (QED) is 0.804. The normalized spacial score (nSPS) is 18.4. The summed E-state index contributed by atoms with van der Waals surface area (Å²) in [5.41, 5.74) is 3.42. The van der Waals surface area contributed by atoms with E-state index in [-0.39, 0.29) is 24.3 Å². The monoisotopic (exact) mass is 425 g/mol. The van der Waals surface area contributed by atoms with Gasteiger partial charge in [-0.25, -0.2) is 0 Å². The van der Waals surface area contributed by atoms with Gasteiger partial charge in [0, 0.05) is 16.7 Å². The van der Waals surface area contributed by atoms with E-state index < -0.39 is 0 Å². The van der Waals surface area contributed by atoms with E-state index in [4.69, 9.17) is 4.99 Å². The largest absolute Gasteiger partial charge is 0.350 e. The van der Waals surface area contributed by atoms with Crippen molar-refractivity contribution in [2.75, 3.05) is 11.4 Å². The Morgan fingerprint density at radius 2 is 1.96 bits per heavy atom. The first-order chi connectivity index (χ1) is 13.1. The summed E-state index contributed by atoms with van der Waals surface area (Å²) in [5.74, 6) is -0.406. The summed E-state index contributed by atoms with van der Waals surface area (Å²) < 4.78 is 0.950. The first-order valence-corrected chi connectivity index (χ1v) is 9.91. The number of carbonyl (C=O) groups is 2. The molecule has 1 aliphatic heterocycles. The van der Waals surface area contributed by atoms with Crippen molar-refractivity contribution in [1.29, 1.82) is 0 Å². The van der Waals surface area contributed by atoms with Crippen LogP contribution < -0.4 is 10.2 Å². The van der Waals surface area contributed by atoms with Gasteiger partial charge in [-0.2, -0.15) is 0 Å². The number of fused-ring (bicyclic) bond motifs is 2. The third-order valence-electron chi connectivity index (χ3n) is 5.06. The van der Waals surface area contributed by atoms with Crippen LogP contribution in [0.3, 0.4) is 0 Å². The second-order valence-electron chi connectivity index (χ2n) is 6.83. The summed E-state index contributed by atoms with van der Waals surface area (Å²) >= 11 is 3.49. The van der Waals surface area contributed by atoms with Crippen molar-refractivity contribution in [3.63, 3.8) is 0 Å². The van der Waals surface area contributed by atoms with Gasteiger partial charge in [0.25, 0.3) is 0 Å². The molecule has 27 heavy (non-hydrogen) atoms. The number of anilines is 1. The van der Waals surface area contributed by atoms with Crippen LogP contribution >= 0.6 is 15.9 Å². The Labute approximate surface area is 166 Å². The van der Waals surface area contributed by atoms with E-state index in [1.165, 1.54) is 0 Å². The fourth-order valence-electron chi connectivity index (χ4n) is 3.67. The second kappa shape index (κ2) is 7.64. The molecule has 1 aliphatic carbocycles. The highest BCUT2D eigenvalue weighted by molar-refractivity contribution is 9.10. The van der Waals surface area contributed by atoms with E-state index in [1.54, 1.807) is 4.90 Å². The van der Waals surface area contributed by atoms with Gasteiger partial charge in [-0.1, -0.05) is 46.3 Å². The molecular formula is C21H20BrN3O2. The number of carbonyl (C=O) groups excluding carboxylic acids is 2. The SMILES string of the molecule is O=C(CN1C(=O)C2CCCC2=Nc2ccccc21)NCc1ccccc1Br. The lowest BCUT2D eigenvalue weighted by atomic mass is 10.1. The Morgan fingerprint density at radius 1 is 1.19 bits per heavy atom. The number of para-hydroxylation sites is 2. The molecule has 1 N–H and O–H groups in total. The van der Waals surface area contributed by atoms with Crippen LogP contribution in [0, 0.1) is 5.92 Å².